The lowest BCUT2D eigenvalue weighted by Gasteiger charge is -2.33. The van der Waals surface area contributed by atoms with Gasteiger partial charge in [0.15, 0.2) is 6.10 Å². The summed E-state index contributed by atoms with van der Waals surface area (Å²) in [6.07, 6.45) is 4.58. The normalized spacial score (nSPS) is 16.3. The van der Waals surface area contributed by atoms with Gasteiger partial charge in [0, 0.05) is 37.2 Å². The lowest BCUT2D eigenvalue weighted by Crippen LogP contribution is -2.46. The summed E-state index contributed by atoms with van der Waals surface area (Å²) in [5.41, 5.74) is 0. The number of hydrogen-bond donors (Lipinski definition) is 0. The Morgan fingerprint density at radius 1 is 1.24 bits per heavy atom. The van der Waals surface area contributed by atoms with Crippen LogP contribution in [0.15, 0.2) is 48.8 Å². The molecule has 0 aliphatic carbocycles. The average molecular weight is 361 g/mol. The van der Waals surface area contributed by atoms with Crippen molar-refractivity contribution in [2.45, 2.75) is 32.0 Å². The van der Waals surface area contributed by atoms with E-state index in [-0.39, 0.29) is 12.0 Å². The molecule has 1 aliphatic rings. The molecule has 2 heterocycles. The van der Waals surface area contributed by atoms with Gasteiger partial charge in [0.05, 0.1) is 6.20 Å². The smallest absolute Gasteiger partial charge is 0.263 e. The third-order valence-corrected chi connectivity index (χ3v) is 4.38. The maximum Gasteiger partial charge on any atom is 0.263 e. The molecular formula is C19H21ClN2O3. The van der Waals surface area contributed by atoms with Gasteiger partial charge in [0.1, 0.15) is 17.6 Å². The van der Waals surface area contributed by atoms with Crippen LogP contribution < -0.4 is 9.47 Å². The Balaban J connectivity index is 1.49. The van der Waals surface area contributed by atoms with Crippen molar-refractivity contribution >= 4 is 17.5 Å². The van der Waals surface area contributed by atoms with Crippen LogP contribution in [0.1, 0.15) is 19.8 Å². The molecular weight excluding hydrogens is 340 g/mol. The lowest BCUT2D eigenvalue weighted by atomic mass is 10.1. The van der Waals surface area contributed by atoms with Gasteiger partial charge in [-0.25, -0.2) is 0 Å². The van der Waals surface area contributed by atoms with Crippen LogP contribution >= 0.6 is 11.6 Å². The van der Waals surface area contributed by atoms with Gasteiger partial charge in [-0.2, -0.15) is 0 Å². The van der Waals surface area contributed by atoms with Crippen molar-refractivity contribution in [1.82, 2.24) is 9.88 Å². The minimum absolute atomic E-state index is 0.0141. The SMILES string of the molecule is C[C@H](Oc1cccc(Cl)c1)C(=O)N1CCC(Oc2cccnc2)CC1. The van der Waals surface area contributed by atoms with Crippen LogP contribution in [-0.4, -0.2) is 41.1 Å². The second-order valence-electron chi connectivity index (χ2n) is 6.05. The maximum absolute atomic E-state index is 12.6. The molecule has 1 aromatic heterocycles. The van der Waals surface area contributed by atoms with E-state index in [9.17, 15) is 4.79 Å². The molecule has 2 aromatic rings. The molecule has 0 N–H and O–H groups in total. The van der Waals surface area contributed by atoms with E-state index in [1.54, 1.807) is 43.6 Å². The number of likely N-dealkylation sites (tertiary alicyclic amines) is 1. The number of pyridine rings is 1. The molecule has 0 spiro atoms. The van der Waals surface area contributed by atoms with Crippen molar-refractivity contribution in [2.75, 3.05) is 13.1 Å². The Morgan fingerprint density at radius 3 is 2.68 bits per heavy atom. The van der Waals surface area contributed by atoms with Crippen LogP contribution in [0.25, 0.3) is 0 Å². The molecule has 0 saturated carbocycles. The van der Waals surface area contributed by atoms with Gasteiger partial charge in [-0.1, -0.05) is 17.7 Å². The summed E-state index contributed by atoms with van der Waals surface area (Å²) in [6.45, 7) is 3.08. The predicted octanol–water partition coefficient (Wildman–Crippen LogP) is 3.57. The summed E-state index contributed by atoms with van der Waals surface area (Å²) in [7, 11) is 0. The summed E-state index contributed by atoms with van der Waals surface area (Å²) >= 11 is 5.95. The molecule has 3 rings (SSSR count). The van der Waals surface area contributed by atoms with E-state index in [0.717, 1.165) is 18.6 Å². The Labute approximate surface area is 152 Å². The van der Waals surface area contributed by atoms with Gasteiger partial charge >= 0.3 is 0 Å². The number of amides is 1. The van der Waals surface area contributed by atoms with Gasteiger partial charge in [0.2, 0.25) is 0 Å². The van der Waals surface area contributed by atoms with Gasteiger partial charge in [-0.05, 0) is 37.3 Å². The zero-order valence-corrected chi connectivity index (χ0v) is 14.9. The molecule has 1 aliphatic heterocycles. The number of carbonyl (C=O) groups excluding carboxylic acids is 1. The van der Waals surface area contributed by atoms with Crippen molar-refractivity contribution in [3.8, 4) is 11.5 Å². The molecule has 0 bridgehead atoms. The van der Waals surface area contributed by atoms with Crippen LogP contribution in [0.5, 0.6) is 11.5 Å². The summed E-state index contributed by atoms with van der Waals surface area (Å²) in [5.74, 6) is 1.35. The number of halogens is 1. The number of benzene rings is 1. The number of piperidine rings is 1. The number of aromatic nitrogens is 1. The van der Waals surface area contributed by atoms with Crippen LogP contribution in [0.3, 0.4) is 0 Å². The first kappa shape index (κ1) is 17.5. The van der Waals surface area contributed by atoms with E-state index in [1.165, 1.54) is 0 Å². The first-order valence-electron chi connectivity index (χ1n) is 8.39. The highest BCUT2D eigenvalue weighted by Gasteiger charge is 2.27. The van der Waals surface area contributed by atoms with Crippen LogP contribution in [0, 0.1) is 0 Å². The molecule has 25 heavy (non-hydrogen) atoms. The van der Waals surface area contributed by atoms with E-state index in [0.29, 0.717) is 23.9 Å². The standard InChI is InChI=1S/C19H21ClN2O3/c1-14(24-17-5-2-4-15(20)12-17)19(23)22-10-7-16(8-11-22)25-18-6-3-9-21-13-18/h2-6,9,12-14,16H,7-8,10-11H2,1H3/t14-/m0/s1. The van der Waals surface area contributed by atoms with E-state index in [2.05, 4.69) is 4.98 Å². The highest BCUT2D eigenvalue weighted by molar-refractivity contribution is 6.30. The summed E-state index contributed by atoms with van der Waals surface area (Å²) in [4.78, 5) is 18.4. The minimum atomic E-state index is -0.547. The van der Waals surface area contributed by atoms with Crippen LogP contribution in [0.4, 0.5) is 0 Å². The minimum Gasteiger partial charge on any atom is -0.489 e. The fourth-order valence-corrected chi connectivity index (χ4v) is 3.04. The molecule has 1 atom stereocenters. The zero-order chi connectivity index (χ0) is 17.6. The molecule has 5 nitrogen and oxygen atoms in total. The number of carbonyl (C=O) groups is 1. The third kappa shape index (κ3) is 4.86. The average Bonchev–Trinajstić information content (AvgIpc) is 2.62. The predicted molar refractivity (Wildman–Crippen MR) is 96.0 cm³/mol. The monoisotopic (exact) mass is 360 g/mol. The Hall–Kier alpha value is -2.27. The van der Waals surface area contributed by atoms with Crippen LogP contribution in [0.2, 0.25) is 5.02 Å². The fraction of sp³-hybridized carbons (Fsp3) is 0.368. The largest absolute Gasteiger partial charge is 0.489 e. The Kier molecular flexibility index (Phi) is 5.76. The molecule has 0 unspecified atom stereocenters. The topological polar surface area (TPSA) is 51.7 Å². The van der Waals surface area contributed by atoms with Gasteiger partial charge in [-0.15, -0.1) is 0 Å². The van der Waals surface area contributed by atoms with E-state index in [4.69, 9.17) is 21.1 Å². The van der Waals surface area contributed by atoms with Crippen molar-refractivity contribution in [2.24, 2.45) is 0 Å². The Bertz CT molecular complexity index is 703. The summed E-state index contributed by atoms with van der Waals surface area (Å²) in [6, 6.07) is 10.8. The Morgan fingerprint density at radius 2 is 2.00 bits per heavy atom. The van der Waals surface area contributed by atoms with Crippen molar-refractivity contribution in [1.29, 1.82) is 0 Å². The van der Waals surface area contributed by atoms with E-state index < -0.39 is 6.10 Å². The molecule has 1 saturated heterocycles. The molecule has 6 heteroatoms. The molecule has 0 radical (unpaired) electrons. The first-order chi connectivity index (χ1) is 12.1. The summed E-state index contributed by atoms with van der Waals surface area (Å²) in [5, 5.41) is 0.588. The molecule has 132 valence electrons. The zero-order valence-electron chi connectivity index (χ0n) is 14.1. The van der Waals surface area contributed by atoms with E-state index in [1.807, 2.05) is 17.0 Å². The van der Waals surface area contributed by atoms with Crippen molar-refractivity contribution < 1.29 is 14.3 Å². The van der Waals surface area contributed by atoms with E-state index >= 15 is 0 Å². The second kappa shape index (κ2) is 8.21. The number of rotatable bonds is 5. The highest BCUT2D eigenvalue weighted by atomic mass is 35.5. The molecule has 1 fully saturated rings. The molecule has 1 amide bonds. The second-order valence-corrected chi connectivity index (χ2v) is 6.49. The van der Waals surface area contributed by atoms with Crippen molar-refractivity contribution in [3.05, 3.63) is 53.8 Å². The molecule has 1 aromatic carbocycles. The number of ether oxygens (including phenoxy) is 2. The van der Waals surface area contributed by atoms with Crippen LogP contribution in [-0.2, 0) is 4.79 Å². The maximum atomic E-state index is 12.6. The number of nitrogens with zero attached hydrogens (tertiary/aromatic N) is 2. The van der Waals surface area contributed by atoms with Gasteiger partial charge < -0.3 is 14.4 Å². The highest BCUT2D eigenvalue weighted by Crippen LogP contribution is 2.21. The number of hydrogen-bond acceptors (Lipinski definition) is 4. The first-order valence-corrected chi connectivity index (χ1v) is 8.77. The fourth-order valence-electron chi connectivity index (χ4n) is 2.86. The summed E-state index contributed by atoms with van der Waals surface area (Å²) < 4.78 is 11.6. The third-order valence-electron chi connectivity index (χ3n) is 4.15. The van der Waals surface area contributed by atoms with Gasteiger partial charge in [-0.3, -0.25) is 9.78 Å². The van der Waals surface area contributed by atoms with Crippen molar-refractivity contribution in [3.63, 3.8) is 0 Å². The van der Waals surface area contributed by atoms with Gasteiger partial charge in [0.25, 0.3) is 5.91 Å². The lowest BCUT2D eigenvalue weighted by molar-refractivity contribution is -0.139. The quantitative estimate of drug-likeness (QED) is 0.817.